The number of halogens is 1. The molecule has 1 heterocycles. The molecular formula is C18H30IN3O2. The fourth-order valence-electron chi connectivity index (χ4n) is 2.54. The largest absolute Gasteiger partial charge is 0.381 e. The van der Waals surface area contributed by atoms with Crippen molar-refractivity contribution in [1.82, 2.24) is 0 Å². The van der Waals surface area contributed by atoms with Gasteiger partial charge in [-0.3, -0.25) is 4.99 Å². The number of nitrogens with one attached hydrogen (secondary N) is 1. The lowest BCUT2D eigenvalue weighted by Crippen LogP contribution is -2.23. The van der Waals surface area contributed by atoms with Crippen LogP contribution >= 0.6 is 24.0 Å². The fraction of sp³-hybridized carbons (Fsp3) is 0.611. The van der Waals surface area contributed by atoms with Crippen LogP contribution in [0.3, 0.4) is 0 Å². The molecule has 1 aliphatic rings. The molecule has 0 spiro atoms. The van der Waals surface area contributed by atoms with Crippen LogP contribution in [0.4, 0.5) is 5.69 Å². The van der Waals surface area contributed by atoms with Gasteiger partial charge >= 0.3 is 0 Å². The molecule has 1 aliphatic heterocycles. The summed E-state index contributed by atoms with van der Waals surface area (Å²) in [5.74, 6) is 1.11. The molecule has 3 N–H and O–H groups in total. The molecule has 1 saturated heterocycles. The zero-order valence-electron chi connectivity index (χ0n) is 14.5. The van der Waals surface area contributed by atoms with Crippen LogP contribution in [0.15, 0.2) is 29.3 Å². The van der Waals surface area contributed by atoms with E-state index in [2.05, 4.69) is 29.4 Å². The Kier molecular flexibility index (Phi) is 11.0. The summed E-state index contributed by atoms with van der Waals surface area (Å²) in [4.78, 5) is 4.33. The summed E-state index contributed by atoms with van der Waals surface area (Å²) in [5, 5.41) is 3.11. The normalized spacial score (nSPS) is 15.8. The fourth-order valence-corrected chi connectivity index (χ4v) is 2.54. The van der Waals surface area contributed by atoms with Crippen molar-refractivity contribution < 1.29 is 9.47 Å². The van der Waals surface area contributed by atoms with Crippen LogP contribution in [0.1, 0.15) is 31.7 Å². The molecule has 1 aromatic rings. The molecule has 0 amide bonds. The Balaban J connectivity index is 0.00000288. The minimum atomic E-state index is 0. The average molecular weight is 447 g/mol. The monoisotopic (exact) mass is 447 g/mol. The van der Waals surface area contributed by atoms with Crippen molar-refractivity contribution in [1.29, 1.82) is 0 Å². The molecule has 2 rings (SSSR count). The maximum Gasteiger partial charge on any atom is 0.193 e. The number of aliphatic imine (C=N–C) groups is 1. The first kappa shape index (κ1) is 21.2. The molecule has 6 heteroatoms. The van der Waals surface area contributed by atoms with Gasteiger partial charge in [0.15, 0.2) is 5.96 Å². The van der Waals surface area contributed by atoms with E-state index in [0.717, 1.165) is 57.8 Å². The third-order valence-electron chi connectivity index (χ3n) is 4.06. The van der Waals surface area contributed by atoms with E-state index >= 15 is 0 Å². The number of rotatable bonds is 8. The van der Waals surface area contributed by atoms with Crippen molar-refractivity contribution in [2.24, 2.45) is 16.6 Å². The summed E-state index contributed by atoms with van der Waals surface area (Å²) >= 11 is 0. The molecule has 0 bridgehead atoms. The van der Waals surface area contributed by atoms with E-state index in [4.69, 9.17) is 15.2 Å². The Morgan fingerprint density at radius 1 is 1.29 bits per heavy atom. The smallest absolute Gasteiger partial charge is 0.193 e. The molecule has 0 aliphatic carbocycles. The number of guanidine groups is 1. The van der Waals surface area contributed by atoms with E-state index in [1.807, 2.05) is 12.1 Å². The van der Waals surface area contributed by atoms with Gasteiger partial charge in [-0.2, -0.15) is 0 Å². The summed E-state index contributed by atoms with van der Waals surface area (Å²) in [5.41, 5.74) is 8.18. The Bertz CT molecular complexity index is 474. The molecule has 1 aromatic carbocycles. The molecule has 0 aromatic heterocycles. The molecule has 24 heavy (non-hydrogen) atoms. The average Bonchev–Trinajstić information content (AvgIpc) is 2.59. The molecule has 0 unspecified atom stereocenters. The van der Waals surface area contributed by atoms with Crippen molar-refractivity contribution >= 4 is 35.6 Å². The first-order valence-corrected chi connectivity index (χ1v) is 8.59. The predicted octanol–water partition coefficient (Wildman–Crippen LogP) is 3.43. The van der Waals surface area contributed by atoms with Gasteiger partial charge in [-0.05, 0) is 49.3 Å². The molecule has 0 atom stereocenters. The number of nitrogens with two attached hydrogens (primary N) is 1. The van der Waals surface area contributed by atoms with E-state index in [1.54, 1.807) is 0 Å². The number of nitrogens with zero attached hydrogens (tertiary/aromatic N) is 1. The van der Waals surface area contributed by atoms with Crippen molar-refractivity contribution in [2.75, 3.05) is 38.3 Å². The Morgan fingerprint density at radius 3 is 2.67 bits per heavy atom. The van der Waals surface area contributed by atoms with Gasteiger partial charge in [-0.15, -0.1) is 24.0 Å². The second-order valence-corrected chi connectivity index (χ2v) is 5.93. The second-order valence-electron chi connectivity index (χ2n) is 5.93. The molecule has 5 nitrogen and oxygen atoms in total. The second kappa shape index (κ2) is 12.5. The first-order valence-electron chi connectivity index (χ1n) is 8.59. The van der Waals surface area contributed by atoms with E-state index in [9.17, 15) is 0 Å². The number of hydrogen-bond donors (Lipinski definition) is 2. The third kappa shape index (κ3) is 8.30. The summed E-state index contributed by atoms with van der Waals surface area (Å²) < 4.78 is 11.1. The van der Waals surface area contributed by atoms with Gasteiger partial charge in [0.05, 0.1) is 0 Å². The standard InChI is InChI=1S/C18H29N3O2.HI/c1-2-15-4-6-17(7-5-15)21-18(19)20-10-3-11-23-14-16-8-12-22-13-9-16;/h4-7,16H,2-3,8-14H2,1H3,(H3,19,20,21);1H. The lowest BCUT2D eigenvalue weighted by Gasteiger charge is -2.21. The van der Waals surface area contributed by atoms with Crippen LogP contribution in [0, 0.1) is 5.92 Å². The van der Waals surface area contributed by atoms with Gasteiger partial charge in [-0.25, -0.2) is 0 Å². The van der Waals surface area contributed by atoms with Crippen molar-refractivity contribution in [2.45, 2.75) is 32.6 Å². The van der Waals surface area contributed by atoms with Gasteiger partial charge in [0.25, 0.3) is 0 Å². The highest BCUT2D eigenvalue weighted by Crippen LogP contribution is 2.14. The van der Waals surface area contributed by atoms with Crippen LogP contribution < -0.4 is 11.1 Å². The number of benzene rings is 1. The quantitative estimate of drug-likeness (QED) is 0.277. The lowest BCUT2D eigenvalue weighted by molar-refractivity contribution is 0.0205. The van der Waals surface area contributed by atoms with Gasteiger partial charge in [-0.1, -0.05) is 19.1 Å². The minimum absolute atomic E-state index is 0. The van der Waals surface area contributed by atoms with Crippen LogP contribution in [-0.2, 0) is 15.9 Å². The maximum absolute atomic E-state index is 5.89. The Hall–Kier alpha value is -0.860. The van der Waals surface area contributed by atoms with Crippen molar-refractivity contribution in [3.05, 3.63) is 29.8 Å². The number of anilines is 1. The zero-order valence-corrected chi connectivity index (χ0v) is 16.8. The summed E-state index contributed by atoms with van der Waals surface area (Å²) in [7, 11) is 0. The van der Waals surface area contributed by atoms with Gasteiger partial charge in [0.1, 0.15) is 0 Å². The first-order chi connectivity index (χ1) is 11.3. The topological polar surface area (TPSA) is 68.9 Å². The van der Waals surface area contributed by atoms with Crippen LogP contribution in [0.25, 0.3) is 0 Å². The molecular weight excluding hydrogens is 417 g/mol. The lowest BCUT2D eigenvalue weighted by atomic mass is 10.0. The van der Waals surface area contributed by atoms with E-state index in [-0.39, 0.29) is 24.0 Å². The van der Waals surface area contributed by atoms with Crippen LogP contribution in [-0.4, -0.2) is 38.9 Å². The molecule has 1 fully saturated rings. The molecule has 0 saturated carbocycles. The highest BCUT2D eigenvalue weighted by molar-refractivity contribution is 14.0. The van der Waals surface area contributed by atoms with E-state index in [1.165, 1.54) is 5.56 Å². The van der Waals surface area contributed by atoms with E-state index in [0.29, 0.717) is 18.4 Å². The van der Waals surface area contributed by atoms with Crippen molar-refractivity contribution in [3.8, 4) is 0 Å². The molecule has 0 radical (unpaired) electrons. The number of ether oxygens (including phenoxy) is 2. The maximum atomic E-state index is 5.89. The van der Waals surface area contributed by atoms with Crippen molar-refractivity contribution in [3.63, 3.8) is 0 Å². The van der Waals surface area contributed by atoms with Gasteiger partial charge in [0, 0.05) is 38.7 Å². The summed E-state index contributed by atoms with van der Waals surface area (Å²) in [6.07, 6.45) is 4.16. The van der Waals surface area contributed by atoms with Crippen LogP contribution in [0.5, 0.6) is 0 Å². The Morgan fingerprint density at radius 2 is 2.00 bits per heavy atom. The highest BCUT2D eigenvalue weighted by atomic mass is 127. The SMILES string of the molecule is CCc1ccc(NC(N)=NCCCOCC2CCOCC2)cc1.I. The summed E-state index contributed by atoms with van der Waals surface area (Å²) in [6, 6.07) is 8.25. The minimum Gasteiger partial charge on any atom is -0.381 e. The third-order valence-corrected chi connectivity index (χ3v) is 4.06. The number of aryl methyl sites for hydroxylation is 1. The highest BCUT2D eigenvalue weighted by Gasteiger charge is 2.13. The van der Waals surface area contributed by atoms with Gasteiger partial charge in [0.2, 0.25) is 0 Å². The zero-order chi connectivity index (χ0) is 16.3. The molecule has 136 valence electrons. The van der Waals surface area contributed by atoms with E-state index < -0.39 is 0 Å². The van der Waals surface area contributed by atoms with Gasteiger partial charge < -0.3 is 20.5 Å². The summed E-state index contributed by atoms with van der Waals surface area (Å²) in [6.45, 7) is 6.14. The number of hydrogen-bond acceptors (Lipinski definition) is 3. The Labute approximate surface area is 162 Å². The van der Waals surface area contributed by atoms with Crippen LogP contribution in [0.2, 0.25) is 0 Å². The predicted molar refractivity (Wildman–Crippen MR) is 110 cm³/mol.